The van der Waals surface area contributed by atoms with E-state index in [1.165, 1.54) is 77.8 Å². The molecule has 0 aliphatic carbocycles. The molecule has 2 heteroatoms. The zero-order chi connectivity index (χ0) is 10.3. The largest absolute Gasteiger partial charge is 0.303 e. The van der Waals surface area contributed by atoms with Crippen molar-refractivity contribution < 1.29 is 0 Å². The molecular weight excluding hydrogens is 184 g/mol. The van der Waals surface area contributed by atoms with Crippen LogP contribution in [0, 0.1) is 6.42 Å². The van der Waals surface area contributed by atoms with Gasteiger partial charge in [0.1, 0.15) is 0 Å². The van der Waals surface area contributed by atoms with Gasteiger partial charge in [0, 0.05) is 13.1 Å². The molecule has 2 rings (SSSR count). The lowest BCUT2D eigenvalue weighted by atomic mass is 10.1. The Balaban J connectivity index is 1.53. The third-order valence-electron chi connectivity index (χ3n) is 3.67. The highest BCUT2D eigenvalue weighted by Crippen LogP contribution is 2.11. The maximum Gasteiger partial charge on any atom is 0.00255 e. The molecule has 15 heavy (non-hydrogen) atoms. The summed E-state index contributed by atoms with van der Waals surface area (Å²) >= 11 is 0. The summed E-state index contributed by atoms with van der Waals surface area (Å²) in [5.74, 6) is 0. The standard InChI is InChI=1S/C13H25N2/c1-3-8-14(9-4-1)12-7-13-15-10-5-2-6-11-15/h7H,1-6,8-13H2. The molecule has 2 heterocycles. The Kier molecular flexibility index (Phi) is 4.94. The maximum absolute atomic E-state index is 2.60. The number of nitrogens with zero attached hydrogens (tertiary/aromatic N) is 2. The molecule has 0 unspecified atom stereocenters. The van der Waals surface area contributed by atoms with Gasteiger partial charge < -0.3 is 9.80 Å². The van der Waals surface area contributed by atoms with Gasteiger partial charge in [0.2, 0.25) is 0 Å². The van der Waals surface area contributed by atoms with Crippen molar-refractivity contribution in [3.63, 3.8) is 0 Å². The molecule has 0 saturated carbocycles. The first-order valence-electron chi connectivity index (χ1n) is 6.71. The number of rotatable bonds is 4. The van der Waals surface area contributed by atoms with Crippen LogP contribution in [0.25, 0.3) is 0 Å². The molecule has 1 radical (unpaired) electrons. The summed E-state index contributed by atoms with van der Waals surface area (Å²) in [7, 11) is 0. The average molecular weight is 209 g/mol. The van der Waals surface area contributed by atoms with Crippen molar-refractivity contribution in [2.45, 2.75) is 38.5 Å². The number of likely N-dealkylation sites (tertiary alicyclic amines) is 2. The molecule has 0 amide bonds. The third-order valence-corrected chi connectivity index (χ3v) is 3.67. The molecule has 0 aromatic heterocycles. The molecule has 0 bridgehead atoms. The van der Waals surface area contributed by atoms with Crippen molar-refractivity contribution in [3.05, 3.63) is 6.42 Å². The van der Waals surface area contributed by atoms with Crippen molar-refractivity contribution in [2.24, 2.45) is 0 Å². The van der Waals surface area contributed by atoms with Gasteiger partial charge >= 0.3 is 0 Å². The fourth-order valence-corrected chi connectivity index (χ4v) is 2.71. The SMILES string of the molecule is [CH](CN1CCCCC1)CN1CCCCC1. The Hall–Kier alpha value is -0.0800. The van der Waals surface area contributed by atoms with Gasteiger partial charge in [-0.05, 0) is 58.3 Å². The Morgan fingerprint density at radius 1 is 0.600 bits per heavy atom. The molecule has 2 aliphatic heterocycles. The molecule has 2 aliphatic rings. The van der Waals surface area contributed by atoms with Crippen LogP contribution in [-0.4, -0.2) is 49.1 Å². The number of hydrogen-bond donors (Lipinski definition) is 0. The van der Waals surface area contributed by atoms with Crippen molar-refractivity contribution in [3.8, 4) is 0 Å². The van der Waals surface area contributed by atoms with Crippen LogP contribution in [-0.2, 0) is 0 Å². The first kappa shape index (κ1) is 11.4. The quantitative estimate of drug-likeness (QED) is 0.700. The molecule has 0 aromatic rings. The van der Waals surface area contributed by atoms with Gasteiger partial charge in [-0.1, -0.05) is 12.8 Å². The van der Waals surface area contributed by atoms with E-state index in [-0.39, 0.29) is 0 Å². The van der Waals surface area contributed by atoms with E-state index >= 15 is 0 Å². The minimum Gasteiger partial charge on any atom is -0.303 e. The van der Waals surface area contributed by atoms with Crippen LogP contribution in [0.5, 0.6) is 0 Å². The second-order valence-corrected chi connectivity index (χ2v) is 5.01. The molecule has 2 fully saturated rings. The average Bonchev–Trinajstić information content (AvgIpc) is 2.32. The van der Waals surface area contributed by atoms with Crippen molar-refractivity contribution in [1.82, 2.24) is 9.80 Å². The van der Waals surface area contributed by atoms with Crippen LogP contribution in [0.15, 0.2) is 0 Å². The van der Waals surface area contributed by atoms with Gasteiger partial charge in [-0.25, -0.2) is 0 Å². The molecule has 2 saturated heterocycles. The lowest BCUT2D eigenvalue weighted by Gasteiger charge is -2.29. The van der Waals surface area contributed by atoms with Gasteiger partial charge in [0.15, 0.2) is 0 Å². The summed E-state index contributed by atoms with van der Waals surface area (Å²) in [5.41, 5.74) is 0. The smallest absolute Gasteiger partial charge is 0.00255 e. The summed E-state index contributed by atoms with van der Waals surface area (Å²) in [4.78, 5) is 5.21. The first-order chi connectivity index (χ1) is 7.45. The molecular formula is C13H25N2. The molecule has 0 N–H and O–H groups in total. The van der Waals surface area contributed by atoms with Crippen LogP contribution < -0.4 is 0 Å². The zero-order valence-electron chi connectivity index (χ0n) is 9.96. The normalized spacial score (nSPS) is 25.6. The van der Waals surface area contributed by atoms with E-state index in [4.69, 9.17) is 0 Å². The zero-order valence-corrected chi connectivity index (χ0v) is 9.96. The Morgan fingerprint density at radius 3 is 1.40 bits per heavy atom. The highest BCUT2D eigenvalue weighted by molar-refractivity contribution is 4.78. The van der Waals surface area contributed by atoms with E-state index in [0.29, 0.717) is 0 Å². The molecule has 87 valence electrons. The van der Waals surface area contributed by atoms with E-state index in [1.807, 2.05) is 0 Å². The van der Waals surface area contributed by atoms with Crippen LogP contribution >= 0.6 is 0 Å². The summed E-state index contributed by atoms with van der Waals surface area (Å²) < 4.78 is 0. The molecule has 0 aromatic carbocycles. The molecule has 0 spiro atoms. The summed E-state index contributed by atoms with van der Waals surface area (Å²) in [5, 5.41) is 0. The summed E-state index contributed by atoms with van der Waals surface area (Å²) in [6.45, 7) is 7.76. The van der Waals surface area contributed by atoms with Gasteiger partial charge in [0.25, 0.3) is 0 Å². The van der Waals surface area contributed by atoms with Crippen LogP contribution in [0.4, 0.5) is 0 Å². The van der Waals surface area contributed by atoms with E-state index in [2.05, 4.69) is 16.2 Å². The second-order valence-electron chi connectivity index (χ2n) is 5.01. The third kappa shape index (κ3) is 4.12. The van der Waals surface area contributed by atoms with Crippen LogP contribution in [0.2, 0.25) is 0 Å². The van der Waals surface area contributed by atoms with Gasteiger partial charge in [-0.15, -0.1) is 0 Å². The lowest BCUT2D eigenvalue weighted by Crippen LogP contribution is -2.35. The molecule has 0 atom stereocenters. The van der Waals surface area contributed by atoms with Crippen molar-refractivity contribution in [1.29, 1.82) is 0 Å². The topological polar surface area (TPSA) is 6.48 Å². The van der Waals surface area contributed by atoms with E-state index in [9.17, 15) is 0 Å². The minimum atomic E-state index is 1.22. The monoisotopic (exact) mass is 209 g/mol. The fourth-order valence-electron chi connectivity index (χ4n) is 2.71. The Morgan fingerprint density at radius 2 is 1.00 bits per heavy atom. The predicted molar refractivity (Wildman–Crippen MR) is 64.9 cm³/mol. The van der Waals surface area contributed by atoms with E-state index < -0.39 is 0 Å². The Bertz CT molecular complexity index is 140. The minimum absolute atomic E-state index is 1.22. The van der Waals surface area contributed by atoms with E-state index in [0.717, 1.165) is 0 Å². The second kappa shape index (κ2) is 6.49. The highest BCUT2D eigenvalue weighted by atomic mass is 15.1. The van der Waals surface area contributed by atoms with Crippen molar-refractivity contribution >= 4 is 0 Å². The first-order valence-corrected chi connectivity index (χ1v) is 6.71. The van der Waals surface area contributed by atoms with E-state index in [1.54, 1.807) is 0 Å². The lowest BCUT2D eigenvalue weighted by molar-refractivity contribution is 0.216. The fraction of sp³-hybridized carbons (Fsp3) is 0.923. The Labute approximate surface area is 94.6 Å². The number of hydrogen-bond acceptors (Lipinski definition) is 2. The van der Waals surface area contributed by atoms with Gasteiger partial charge in [-0.2, -0.15) is 0 Å². The van der Waals surface area contributed by atoms with Crippen LogP contribution in [0.3, 0.4) is 0 Å². The summed E-state index contributed by atoms with van der Waals surface area (Å²) in [6, 6.07) is 0. The van der Waals surface area contributed by atoms with Crippen LogP contribution in [0.1, 0.15) is 38.5 Å². The molecule has 2 nitrogen and oxygen atoms in total. The van der Waals surface area contributed by atoms with Gasteiger partial charge in [0.05, 0.1) is 0 Å². The van der Waals surface area contributed by atoms with Crippen molar-refractivity contribution in [2.75, 3.05) is 39.3 Å². The summed E-state index contributed by atoms with van der Waals surface area (Å²) in [6.07, 6.45) is 11.0. The highest BCUT2D eigenvalue weighted by Gasteiger charge is 2.12. The van der Waals surface area contributed by atoms with Gasteiger partial charge in [-0.3, -0.25) is 0 Å². The predicted octanol–water partition coefficient (Wildman–Crippen LogP) is 2.16. The maximum atomic E-state index is 2.60. The number of piperidine rings is 2.